The van der Waals surface area contributed by atoms with Crippen molar-refractivity contribution in [2.45, 2.75) is 39.2 Å². The molecule has 0 unspecified atom stereocenters. The van der Waals surface area contributed by atoms with Gasteiger partial charge in [-0.2, -0.15) is 5.10 Å². The summed E-state index contributed by atoms with van der Waals surface area (Å²) in [5.41, 5.74) is 0.662. The van der Waals surface area contributed by atoms with Gasteiger partial charge < -0.3 is 15.5 Å². The van der Waals surface area contributed by atoms with E-state index in [2.05, 4.69) is 25.8 Å². The third-order valence-corrected chi connectivity index (χ3v) is 4.32. The van der Waals surface area contributed by atoms with E-state index in [9.17, 15) is 4.79 Å². The minimum atomic E-state index is -0.298. The van der Waals surface area contributed by atoms with Gasteiger partial charge in [-0.15, -0.1) is 24.0 Å². The van der Waals surface area contributed by atoms with Crippen LogP contribution < -0.4 is 10.6 Å². The number of aliphatic imine (C=N–C) groups is 1. The summed E-state index contributed by atoms with van der Waals surface area (Å²) in [6.45, 7) is 3.97. The molecule has 0 atom stereocenters. The van der Waals surface area contributed by atoms with E-state index in [4.69, 9.17) is 0 Å². The highest BCUT2D eigenvalue weighted by molar-refractivity contribution is 14.0. The van der Waals surface area contributed by atoms with Crippen molar-refractivity contribution >= 4 is 35.8 Å². The van der Waals surface area contributed by atoms with Gasteiger partial charge in [0, 0.05) is 33.4 Å². The number of hydrogen-bond donors (Lipinski definition) is 3. The first-order valence-electron chi connectivity index (χ1n) is 8.29. The van der Waals surface area contributed by atoms with E-state index in [0.717, 1.165) is 43.9 Å². The number of nitrogens with zero attached hydrogens (tertiary/aromatic N) is 3. The number of H-pyrrole nitrogens is 1. The second-order valence-corrected chi connectivity index (χ2v) is 6.32. The van der Waals surface area contributed by atoms with Crippen LogP contribution in [-0.2, 0) is 11.3 Å². The van der Waals surface area contributed by atoms with Gasteiger partial charge in [-0.1, -0.05) is 12.8 Å². The van der Waals surface area contributed by atoms with E-state index in [-0.39, 0.29) is 35.3 Å². The first kappa shape index (κ1) is 20.7. The van der Waals surface area contributed by atoms with Crippen LogP contribution in [0.1, 0.15) is 38.3 Å². The molecule has 1 heterocycles. The summed E-state index contributed by atoms with van der Waals surface area (Å²) in [6, 6.07) is 1.90. The maximum Gasteiger partial charge on any atom is 0.230 e. The fraction of sp³-hybridized carbons (Fsp3) is 0.688. The third-order valence-electron chi connectivity index (χ3n) is 4.32. The number of aromatic amines is 1. The molecule has 1 aromatic heterocycles. The van der Waals surface area contributed by atoms with Crippen LogP contribution in [0.15, 0.2) is 17.3 Å². The van der Waals surface area contributed by atoms with Crippen molar-refractivity contribution in [3.8, 4) is 0 Å². The van der Waals surface area contributed by atoms with Gasteiger partial charge in [0.1, 0.15) is 0 Å². The number of hydrogen-bond acceptors (Lipinski definition) is 3. The normalized spacial score (nSPS) is 16.4. The molecule has 24 heavy (non-hydrogen) atoms. The fourth-order valence-corrected chi connectivity index (χ4v) is 3.12. The number of rotatable bonds is 6. The smallest absolute Gasteiger partial charge is 0.230 e. The molecule has 1 saturated carbocycles. The maximum atomic E-state index is 12.6. The highest BCUT2D eigenvalue weighted by Crippen LogP contribution is 2.38. The van der Waals surface area contributed by atoms with Gasteiger partial charge in [0.2, 0.25) is 5.91 Å². The molecule has 1 aliphatic carbocycles. The summed E-state index contributed by atoms with van der Waals surface area (Å²) in [5.74, 6) is 0.951. The molecular formula is C16H29IN6O. The second kappa shape index (κ2) is 9.85. The van der Waals surface area contributed by atoms with Crippen LogP contribution in [0.25, 0.3) is 0 Å². The zero-order valence-corrected chi connectivity index (χ0v) is 17.1. The summed E-state index contributed by atoms with van der Waals surface area (Å²) in [6.07, 6.45) is 5.83. The minimum absolute atomic E-state index is 0. The highest BCUT2D eigenvalue weighted by Gasteiger charge is 2.42. The Morgan fingerprint density at radius 2 is 2.08 bits per heavy atom. The van der Waals surface area contributed by atoms with E-state index in [1.54, 1.807) is 11.1 Å². The lowest BCUT2D eigenvalue weighted by atomic mass is 9.84. The Balaban J connectivity index is 0.00000288. The summed E-state index contributed by atoms with van der Waals surface area (Å²) in [4.78, 5) is 18.9. The fourth-order valence-electron chi connectivity index (χ4n) is 3.12. The van der Waals surface area contributed by atoms with Crippen LogP contribution in [0.3, 0.4) is 0 Å². The van der Waals surface area contributed by atoms with Gasteiger partial charge in [-0.3, -0.25) is 9.89 Å². The van der Waals surface area contributed by atoms with E-state index in [1.165, 1.54) is 0 Å². The molecule has 136 valence electrons. The number of halogens is 1. The third kappa shape index (κ3) is 5.35. The molecule has 1 amide bonds. The van der Waals surface area contributed by atoms with Gasteiger partial charge in [0.05, 0.1) is 17.7 Å². The Morgan fingerprint density at radius 1 is 1.38 bits per heavy atom. The predicted octanol–water partition coefficient (Wildman–Crippen LogP) is 1.73. The van der Waals surface area contributed by atoms with Crippen LogP contribution in [0.2, 0.25) is 0 Å². The Bertz CT molecular complexity index is 523. The molecule has 1 aliphatic rings. The van der Waals surface area contributed by atoms with Crippen molar-refractivity contribution in [1.29, 1.82) is 0 Å². The predicted molar refractivity (Wildman–Crippen MR) is 106 cm³/mol. The zero-order chi connectivity index (χ0) is 16.7. The minimum Gasteiger partial charge on any atom is -0.357 e. The summed E-state index contributed by atoms with van der Waals surface area (Å²) in [5, 5.41) is 13.4. The second-order valence-electron chi connectivity index (χ2n) is 6.32. The number of aromatic nitrogens is 2. The van der Waals surface area contributed by atoms with Crippen LogP contribution >= 0.6 is 24.0 Å². The molecule has 0 radical (unpaired) electrons. The molecule has 1 fully saturated rings. The average molecular weight is 448 g/mol. The molecule has 0 bridgehead atoms. The summed E-state index contributed by atoms with van der Waals surface area (Å²) in [7, 11) is 3.67. The van der Waals surface area contributed by atoms with E-state index in [0.29, 0.717) is 13.1 Å². The van der Waals surface area contributed by atoms with Gasteiger partial charge in [0.15, 0.2) is 5.96 Å². The van der Waals surface area contributed by atoms with Gasteiger partial charge in [0.25, 0.3) is 0 Å². The number of nitrogens with one attached hydrogen (secondary N) is 3. The molecule has 7 nitrogen and oxygen atoms in total. The number of guanidine groups is 1. The van der Waals surface area contributed by atoms with Crippen molar-refractivity contribution in [2.24, 2.45) is 10.4 Å². The topological polar surface area (TPSA) is 85.4 Å². The van der Waals surface area contributed by atoms with Crippen LogP contribution in [-0.4, -0.2) is 54.1 Å². The maximum absolute atomic E-state index is 12.6. The standard InChI is InChI=1S/C16H28N6O.HI/c1-4-17-15(18-11-13-7-10-20-21-13)19-12-16(8-5-6-9-16)14(23)22(2)3;/h7,10H,4-6,8-9,11-12H2,1-3H3,(H,20,21)(H2,17,18,19);1H. The Kier molecular flexibility index (Phi) is 8.51. The monoisotopic (exact) mass is 448 g/mol. The zero-order valence-electron chi connectivity index (χ0n) is 14.8. The molecule has 3 N–H and O–H groups in total. The molecule has 0 spiro atoms. The first-order chi connectivity index (χ1) is 11.1. The Morgan fingerprint density at radius 3 is 2.62 bits per heavy atom. The van der Waals surface area contributed by atoms with Gasteiger partial charge >= 0.3 is 0 Å². The Hall–Kier alpha value is -1.32. The quantitative estimate of drug-likeness (QED) is 0.352. The van der Waals surface area contributed by atoms with Gasteiger partial charge in [-0.05, 0) is 25.8 Å². The van der Waals surface area contributed by atoms with E-state index in [1.807, 2.05) is 27.1 Å². The van der Waals surface area contributed by atoms with Crippen molar-refractivity contribution < 1.29 is 4.79 Å². The molecular weight excluding hydrogens is 419 g/mol. The highest BCUT2D eigenvalue weighted by atomic mass is 127. The molecule has 0 aromatic carbocycles. The summed E-state index contributed by atoms with van der Waals surface area (Å²) < 4.78 is 0. The molecule has 0 saturated heterocycles. The lowest BCUT2D eigenvalue weighted by Gasteiger charge is -2.31. The average Bonchev–Trinajstić information content (AvgIpc) is 3.21. The number of carbonyl (C=O) groups is 1. The van der Waals surface area contributed by atoms with Crippen molar-refractivity contribution in [1.82, 2.24) is 25.7 Å². The van der Waals surface area contributed by atoms with Crippen LogP contribution in [0.4, 0.5) is 0 Å². The number of amides is 1. The molecule has 8 heteroatoms. The van der Waals surface area contributed by atoms with E-state index < -0.39 is 0 Å². The van der Waals surface area contributed by atoms with Crippen molar-refractivity contribution in [3.05, 3.63) is 18.0 Å². The van der Waals surface area contributed by atoms with Crippen molar-refractivity contribution in [2.75, 3.05) is 27.2 Å². The van der Waals surface area contributed by atoms with Gasteiger partial charge in [-0.25, -0.2) is 4.99 Å². The summed E-state index contributed by atoms with van der Waals surface area (Å²) >= 11 is 0. The molecule has 2 rings (SSSR count). The lowest BCUT2D eigenvalue weighted by Crippen LogP contribution is -2.49. The van der Waals surface area contributed by atoms with E-state index >= 15 is 0 Å². The van der Waals surface area contributed by atoms with Crippen LogP contribution in [0.5, 0.6) is 0 Å². The van der Waals surface area contributed by atoms with Crippen LogP contribution in [0, 0.1) is 5.41 Å². The molecule has 1 aromatic rings. The lowest BCUT2D eigenvalue weighted by molar-refractivity contribution is -0.138. The first-order valence-corrected chi connectivity index (χ1v) is 8.29. The molecule has 0 aliphatic heterocycles. The van der Waals surface area contributed by atoms with Crippen molar-refractivity contribution in [3.63, 3.8) is 0 Å². The number of carbonyl (C=O) groups excluding carboxylic acids is 1. The SMILES string of the molecule is CCNC(=NCc1ccn[nH]1)NCC1(C(=O)N(C)C)CCCC1.I. The largest absolute Gasteiger partial charge is 0.357 e. The Labute approximate surface area is 161 Å².